The normalized spacial score (nSPS) is 16.8. The van der Waals surface area contributed by atoms with Crippen molar-refractivity contribution < 1.29 is 39.2 Å². The van der Waals surface area contributed by atoms with Crippen molar-refractivity contribution in [3.63, 3.8) is 0 Å². The minimum atomic E-state index is -1.91. The van der Waals surface area contributed by atoms with E-state index >= 15 is 0 Å². The first kappa shape index (κ1) is 30.8. The van der Waals surface area contributed by atoms with Crippen LogP contribution in [-0.4, -0.2) is 114 Å². The molecule has 0 spiro atoms. The maximum absolute atomic E-state index is 11.8. The maximum Gasteiger partial charge on any atom is 0.251 e. The molecule has 10 nitrogen and oxygen atoms in total. The first-order valence-corrected chi connectivity index (χ1v) is 18.7. The van der Waals surface area contributed by atoms with Crippen molar-refractivity contribution >= 4 is 32.1 Å². The third kappa shape index (κ3) is 15.3. The van der Waals surface area contributed by atoms with Gasteiger partial charge in [0.15, 0.2) is 22.7 Å². The van der Waals surface area contributed by atoms with Gasteiger partial charge in [-0.15, -0.1) is 0 Å². The molecule has 2 radical (unpaired) electrons. The summed E-state index contributed by atoms with van der Waals surface area (Å²) in [5, 5.41) is 52.6. The second-order valence-electron chi connectivity index (χ2n) is 9.32. The van der Waals surface area contributed by atoms with Crippen LogP contribution in [0.4, 0.5) is 0 Å². The zero-order chi connectivity index (χ0) is 24.2. The molecular formula is C18H42N2O8Si3. The molecule has 0 unspecified atom stereocenters. The number of aliphatic hydroxyl groups excluding tert-OH is 5. The van der Waals surface area contributed by atoms with E-state index in [0.29, 0.717) is 16.1 Å². The summed E-state index contributed by atoms with van der Waals surface area (Å²) >= 11 is 0. The van der Waals surface area contributed by atoms with Gasteiger partial charge in [-0.2, -0.15) is 0 Å². The Kier molecular flexibility index (Phi) is 14.8. The molecule has 0 aromatic carbocycles. The van der Waals surface area contributed by atoms with Gasteiger partial charge in [-0.05, 0) is 52.2 Å². The van der Waals surface area contributed by atoms with Gasteiger partial charge in [-0.1, -0.05) is 6.04 Å². The van der Waals surface area contributed by atoms with Crippen molar-refractivity contribution in [2.75, 3.05) is 26.2 Å². The number of hydrogen-bond donors (Lipinski definition) is 7. The minimum absolute atomic E-state index is 0.134. The van der Waals surface area contributed by atoms with Crippen LogP contribution in [0, 0.1) is 0 Å². The summed E-state index contributed by atoms with van der Waals surface area (Å²) in [6, 6.07) is 0.967. The molecule has 0 saturated carbocycles. The fourth-order valence-electron chi connectivity index (χ4n) is 2.36. The highest BCUT2D eigenvalue weighted by Gasteiger charge is 2.34. The Labute approximate surface area is 190 Å². The predicted octanol–water partition coefficient (Wildman–Crippen LogP) is -1.37. The fourth-order valence-corrected chi connectivity index (χ4v) is 7.25. The second-order valence-corrected chi connectivity index (χ2v) is 19.6. The Morgan fingerprint density at radius 1 is 0.903 bits per heavy atom. The number of nitrogens with one attached hydrogen (secondary N) is 2. The van der Waals surface area contributed by atoms with Gasteiger partial charge in [-0.3, -0.25) is 4.79 Å². The summed E-state index contributed by atoms with van der Waals surface area (Å²) in [5.41, 5.74) is 0. The molecule has 13 heteroatoms. The van der Waals surface area contributed by atoms with Crippen molar-refractivity contribution in [1.82, 2.24) is 10.6 Å². The number of carbonyl (C=O) groups excluding carboxylic acids is 1. The van der Waals surface area contributed by atoms with Crippen LogP contribution < -0.4 is 10.6 Å². The van der Waals surface area contributed by atoms with Crippen LogP contribution in [-0.2, 0) is 13.6 Å². The van der Waals surface area contributed by atoms with Crippen LogP contribution in [0.5, 0.6) is 0 Å². The number of hydrogen-bond acceptors (Lipinski definition) is 9. The van der Waals surface area contributed by atoms with E-state index in [1.807, 2.05) is 0 Å². The van der Waals surface area contributed by atoms with E-state index in [-0.39, 0.29) is 12.5 Å². The monoisotopic (exact) mass is 498 g/mol. The highest BCUT2D eigenvalue weighted by molar-refractivity contribution is 6.71. The first-order valence-electron chi connectivity index (χ1n) is 10.6. The molecule has 0 aliphatic carbocycles. The largest absolute Gasteiger partial charge is 0.397 e. The average molecular weight is 499 g/mol. The Balaban J connectivity index is 4.07. The van der Waals surface area contributed by atoms with Crippen LogP contribution in [0.2, 0.25) is 45.3 Å². The maximum atomic E-state index is 11.8. The van der Waals surface area contributed by atoms with E-state index in [1.54, 1.807) is 0 Å². The standard InChI is InChI=1S/C18H42N2O8Si3/c1-30(2,3)27-18(28-31(4,5)6)29-11-7-8-19-9-10-20-17(26)16(25)15(24)14(23)13(22)12-21/h13-16,18-19,21-25H,7-12H2,1-6H3,(H,20,26)/t13-,14-,15+,16-/m1/s1. The molecule has 0 bridgehead atoms. The van der Waals surface area contributed by atoms with Crippen molar-refractivity contribution in [3.05, 3.63) is 0 Å². The lowest BCUT2D eigenvalue weighted by Gasteiger charge is -2.31. The molecule has 184 valence electrons. The molecule has 0 aliphatic heterocycles. The second kappa shape index (κ2) is 14.8. The predicted molar refractivity (Wildman–Crippen MR) is 125 cm³/mol. The Bertz CT molecular complexity index is 489. The van der Waals surface area contributed by atoms with E-state index in [9.17, 15) is 25.2 Å². The van der Waals surface area contributed by atoms with E-state index in [4.69, 9.17) is 14.0 Å². The molecule has 0 aromatic rings. The van der Waals surface area contributed by atoms with Crippen molar-refractivity contribution in [2.45, 2.75) is 82.1 Å². The zero-order valence-corrected chi connectivity index (χ0v) is 22.6. The molecule has 0 heterocycles. The number of amides is 1. The molecule has 1 amide bonds. The van der Waals surface area contributed by atoms with Gasteiger partial charge in [0.25, 0.3) is 5.91 Å². The van der Waals surface area contributed by atoms with E-state index in [2.05, 4.69) is 49.9 Å². The quantitative estimate of drug-likeness (QED) is 0.0729. The summed E-state index contributed by atoms with van der Waals surface area (Å²) < 4.78 is 12.3. The zero-order valence-electron chi connectivity index (χ0n) is 19.6. The lowest BCUT2D eigenvalue weighted by Crippen LogP contribution is -2.52. The molecular weight excluding hydrogens is 456 g/mol. The third-order valence-electron chi connectivity index (χ3n) is 3.89. The Morgan fingerprint density at radius 2 is 1.45 bits per heavy atom. The van der Waals surface area contributed by atoms with Gasteiger partial charge in [0.05, 0.1) is 6.61 Å². The smallest absolute Gasteiger partial charge is 0.251 e. The van der Waals surface area contributed by atoms with Crippen LogP contribution >= 0.6 is 0 Å². The highest BCUT2D eigenvalue weighted by atomic mass is 28.4. The summed E-state index contributed by atoms with van der Waals surface area (Å²) in [6.07, 6.45) is -6.36. The summed E-state index contributed by atoms with van der Waals surface area (Å²) in [7, 11) is -2.80. The van der Waals surface area contributed by atoms with Crippen molar-refractivity contribution in [3.8, 4) is 0 Å². The topological polar surface area (TPSA) is 161 Å². The lowest BCUT2D eigenvalue weighted by molar-refractivity contribution is -0.148. The molecule has 0 fully saturated rings. The van der Waals surface area contributed by atoms with Crippen LogP contribution in [0.3, 0.4) is 0 Å². The average Bonchev–Trinajstić information content (AvgIpc) is 2.64. The summed E-state index contributed by atoms with van der Waals surface area (Å²) in [6.45, 7) is 13.6. The van der Waals surface area contributed by atoms with Crippen LogP contribution in [0.15, 0.2) is 0 Å². The number of rotatable bonds is 17. The number of carbonyl (C=O) groups is 1. The van der Waals surface area contributed by atoms with Gasteiger partial charge in [0.2, 0.25) is 0 Å². The van der Waals surface area contributed by atoms with Gasteiger partial charge in [-0.25, -0.2) is 0 Å². The fraction of sp³-hybridized carbons (Fsp3) is 0.944. The van der Waals surface area contributed by atoms with Gasteiger partial charge in [0.1, 0.15) is 33.7 Å². The third-order valence-corrected chi connectivity index (χ3v) is 7.41. The van der Waals surface area contributed by atoms with E-state index in [0.717, 1.165) is 19.0 Å². The van der Waals surface area contributed by atoms with Gasteiger partial charge >= 0.3 is 0 Å². The Morgan fingerprint density at radius 3 is 1.94 bits per heavy atom. The SMILES string of the molecule is C[Si](C)(C)OC(O[Si](C)(C)C)[Si]CCCNCCNC(=O)[C@H](O)[C@@H](O)[C@H](O)[C@H](O)CO. The molecule has 31 heavy (non-hydrogen) atoms. The van der Waals surface area contributed by atoms with Crippen LogP contribution in [0.25, 0.3) is 0 Å². The molecule has 0 aliphatic rings. The van der Waals surface area contributed by atoms with Crippen LogP contribution in [0.1, 0.15) is 6.42 Å². The Hall–Kier alpha value is -0.199. The van der Waals surface area contributed by atoms with E-state index < -0.39 is 53.6 Å². The molecule has 0 aromatic heterocycles. The van der Waals surface area contributed by atoms with Crippen molar-refractivity contribution in [2.24, 2.45) is 0 Å². The summed E-state index contributed by atoms with van der Waals surface area (Å²) in [4.78, 5) is 11.8. The van der Waals surface area contributed by atoms with Gasteiger partial charge < -0.3 is 45.0 Å². The summed E-state index contributed by atoms with van der Waals surface area (Å²) in [5.74, 6) is -1.000. The molecule has 0 rings (SSSR count). The molecule has 7 N–H and O–H groups in total. The molecule has 0 saturated heterocycles. The highest BCUT2D eigenvalue weighted by Crippen LogP contribution is 2.14. The van der Waals surface area contributed by atoms with Crippen molar-refractivity contribution in [1.29, 1.82) is 0 Å². The minimum Gasteiger partial charge on any atom is -0.397 e. The van der Waals surface area contributed by atoms with E-state index in [1.165, 1.54) is 0 Å². The lowest BCUT2D eigenvalue weighted by atomic mass is 10.0. The number of aliphatic hydroxyl groups is 5. The molecule has 4 atom stereocenters. The van der Waals surface area contributed by atoms with Gasteiger partial charge in [0, 0.05) is 13.1 Å². The first-order chi connectivity index (χ1) is 14.2.